The van der Waals surface area contributed by atoms with Crippen molar-refractivity contribution in [2.75, 3.05) is 56.9 Å². The summed E-state index contributed by atoms with van der Waals surface area (Å²) in [6.07, 6.45) is 2.00. The number of rotatable bonds is 9. The second-order valence-electron chi connectivity index (χ2n) is 8.36. The minimum absolute atomic E-state index is 0.268. The molecule has 1 aliphatic heterocycles. The maximum absolute atomic E-state index is 14.0. The lowest BCUT2D eigenvalue weighted by Gasteiger charge is -2.32. The van der Waals surface area contributed by atoms with Gasteiger partial charge in [-0.15, -0.1) is 0 Å². The zero-order valence-electron chi connectivity index (χ0n) is 19.1. The number of thiazole rings is 1. The Morgan fingerprint density at radius 2 is 1.97 bits per heavy atom. The van der Waals surface area contributed by atoms with E-state index in [2.05, 4.69) is 42.8 Å². The van der Waals surface area contributed by atoms with E-state index < -0.39 is 0 Å². The molecule has 3 heterocycles. The van der Waals surface area contributed by atoms with Crippen LogP contribution in [0.2, 0.25) is 5.02 Å². The van der Waals surface area contributed by atoms with Crippen LogP contribution in [0.15, 0.2) is 30.3 Å². The number of hydrogen-bond acceptors (Lipinski definition) is 7. The molecule has 1 fully saturated rings. The van der Waals surface area contributed by atoms with Gasteiger partial charge in [-0.25, -0.2) is 19.2 Å². The quantitative estimate of drug-likeness (QED) is 0.377. The molecule has 8 nitrogen and oxygen atoms in total. The summed E-state index contributed by atoms with van der Waals surface area (Å²) in [5.74, 6) is 0.234. The molecule has 2 aromatic heterocycles. The fourth-order valence-electron chi connectivity index (χ4n) is 3.69. The molecule has 182 valence electrons. The van der Waals surface area contributed by atoms with Crippen LogP contribution in [-0.2, 0) is 6.54 Å². The van der Waals surface area contributed by atoms with Crippen LogP contribution >= 0.6 is 22.9 Å². The molecule has 0 saturated carbocycles. The van der Waals surface area contributed by atoms with Crippen molar-refractivity contribution < 1.29 is 9.18 Å². The standard InChI is InChI=1S/C23H29ClFN7OS/c1-31-10-12-32(13-11-31)9-3-2-8-26-22(33)30-23-28-19-6-7-20(29-21(19)34-23)27-15-16-4-5-17(24)14-18(16)25/h4-7,14H,2-3,8-13,15H2,1H3,(H,27,29)(H2,26,28,30,33). The highest BCUT2D eigenvalue weighted by Crippen LogP contribution is 2.26. The predicted octanol–water partition coefficient (Wildman–Crippen LogP) is 4.25. The first kappa shape index (κ1) is 24.6. The third kappa shape index (κ3) is 6.99. The number of hydrogen-bond donors (Lipinski definition) is 3. The maximum atomic E-state index is 14.0. The Morgan fingerprint density at radius 1 is 1.15 bits per heavy atom. The summed E-state index contributed by atoms with van der Waals surface area (Å²) in [6.45, 7) is 6.45. The third-order valence-corrected chi connectivity index (χ3v) is 6.85. The fourth-order valence-corrected chi connectivity index (χ4v) is 4.69. The van der Waals surface area contributed by atoms with Crippen LogP contribution in [0.4, 0.5) is 20.1 Å². The van der Waals surface area contributed by atoms with E-state index in [1.165, 1.54) is 17.4 Å². The number of fused-ring (bicyclic) bond motifs is 1. The molecule has 1 aliphatic rings. The normalized spacial score (nSPS) is 14.9. The van der Waals surface area contributed by atoms with Crippen molar-refractivity contribution in [1.29, 1.82) is 0 Å². The lowest BCUT2D eigenvalue weighted by molar-refractivity contribution is 0.152. The molecule has 1 aromatic carbocycles. The van der Waals surface area contributed by atoms with Crippen LogP contribution in [0.25, 0.3) is 10.3 Å². The van der Waals surface area contributed by atoms with Crippen molar-refractivity contribution in [2.45, 2.75) is 19.4 Å². The van der Waals surface area contributed by atoms with Crippen LogP contribution < -0.4 is 16.0 Å². The number of unbranched alkanes of at least 4 members (excludes halogenated alkanes) is 1. The second kappa shape index (κ2) is 11.7. The fraction of sp³-hybridized carbons (Fsp3) is 0.435. The van der Waals surface area contributed by atoms with E-state index in [4.69, 9.17) is 11.6 Å². The van der Waals surface area contributed by atoms with Gasteiger partial charge >= 0.3 is 6.03 Å². The van der Waals surface area contributed by atoms with Crippen LogP contribution in [0.5, 0.6) is 0 Å². The Labute approximate surface area is 207 Å². The summed E-state index contributed by atoms with van der Waals surface area (Å²) in [4.78, 5) is 26.7. The zero-order chi connectivity index (χ0) is 23.9. The van der Waals surface area contributed by atoms with Gasteiger partial charge in [0.25, 0.3) is 0 Å². The Balaban J connectivity index is 1.20. The number of aromatic nitrogens is 2. The van der Waals surface area contributed by atoms with Crippen molar-refractivity contribution in [3.8, 4) is 0 Å². The van der Waals surface area contributed by atoms with Crippen molar-refractivity contribution >= 4 is 50.3 Å². The van der Waals surface area contributed by atoms with Gasteiger partial charge in [-0.2, -0.15) is 0 Å². The van der Waals surface area contributed by atoms with Crippen molar-refractivity contribution in [3.63, 3.8) is 0 Å². The first-order valence-electron chi connectivity index (χ1n) is 11.4. The second-order valence-corrected chi connectivity index (χ2v) is 9.78. The SMILES string of the molecule is CN1CCN(CCCCNC(=O)Nc2nc3ccc(NCc4ccc(Cl)cc4F)nc3s2)CC1. The number of halogens is 2. The molecular formula is C23H29ClFN7OS. The lowest BCUT2D eigenvalue weighted by Crippen LogP contribution is -2.44. The van der Waals surface area contributed by atoms with E-state index >= 15 is 0 Å². The molecule has 4 rings (SSSR count). The highest BCUT2D eigenvalue weighted by molar-refractivity contribution is 7.22. The monoisotopic (exact) mass is 505 g/mol. The molecular weight excluding hydrogens is 477 g/mol. The van der Waals surface area contributed by atoms with Gasteiger partial charge in [-0.05, 0) is 50.7 Å². The van der Waals surface area contributed by atoms with Gasteiger partial charge in [-0.3, -0.25) is 5.32 Å². The number of anilines is 2. The molecule has 0 aliphatic carbocycles. The van der Waals surface area contributed by atoms with Crippen molar-refractivity contribution in [1.82, 2.24) is 25.1 Å². The highest BCUT2D eigenvalue weighted by Gasteiger charge is 2.13. The molecule has 0 radical (unpaired) electrons. The van der Waals surface area contributed by atoms with Gasteiger partial charge in [0.15, 0.2) is 5.13 Å². The Morgan fingerprint density at radius 3 is 2.76 bits per heavy atom. The van der Waals surface area contributed by atoms with E-state index in [0.29, 0.717) is 38.4 Å². The smallest absolute Gasteiger partial charge is 0.321 e. The van der Waals surface area contributed by atoms with Crippen molar-refractivity contribution in [2.24, 2.45) is 0 Å². The van der Waals surface area contributed by atoms with Gasteiger partial charge in [0.05, 0.1) is 0 Å². The molecule has 0 unspecified atom stereocenters. The van der Waals surface area contributed by atoms with Gasteiger partial charge in [-0.1, -0.05) is 29.0 Å². The summed E-state index contributed by atoms with van der Waals surface area (Å²) >= 11 is 7.09. The lowest BCUT2D eigenvalue weighted by atomic mass is 10.2. The van der Waals surface area contributed by atoms with E-state index in [9.17, 15) is 9.18 Å². The van der Waals surface area contributed by atoms with Gasteiger partial charge in [0, 0.05) is 49.9 Å². The number of piperazine rings is 1. The number of nitrogens with one attached hydrogen (secondary N) is 3. The summed E-state index contributed by atoms with van der Waals surface area (Å²) in [7, 11) is 2.16. The van der Waals surface area contributed by atoms with E-state index in [-0.39, 0.29) is 18.4 Å². The molecule has 0 bridgehead atoms. The Hall–Kier alpha value is -2.53. The third-order valence-electron chi connectivity index (χ3n) is 5.73. The van der Waals surface area contributed by atoms with Crippen LogP contribution in [0.3, 0.4) is 0 Å². The Bertz CT molecular complexity index is 1120. The number of pyridine rings is 1. The minimum atomic E-state index is -0.365. The van der Waals surface area contributed by atoms with Crippen molar-refractivity contribution in [3.05, 3.63) is 46.7 Å². The van der Waals surface area contributed by atoms with Gasteiger partial charge in [0.1, 0.15) is 22.0 Å². The van der Waals surface area contributed by atoms with E-state index in [0.717, 1.165) is 45.6 Å². The Kier molecular flexibility index (Phi) is 8.49. The summed E-state index contributed by atoms with van der Waals surface area (Å²) in [5, 5.41) is 9.63. The number of urea groups is 1. The zero-order valence-corrected chi connectivity index (χ0v) is 20.7. The summed E-state index contributed by atoms with van der Waals surface area (Å²) in [6, 6.07) is 7.91. The minimum Gasteiger partial charge on any atom is -0.366 e. The van der Waals surface area contributed by atoms with Gasteiger partial charge in [0.2, 0.25) is 0 Å². The predicted molar refractivity (Wildman–Crippen MR) is 136 cm³/mol. The summed E-state index contributed by atoms with van der Waals surface area (Å²) < 4.78 is 14.0. The summed E-state index contributed by atoms with van der Waals surface area (Å²) in [5.41, 5.74) is 1.19. The van der Waals surface area contributed by atoms with Gasteiger partial charge < -0.3 is 20.4 Å². The number of likely N-dealkylation sites (N-methyl/N-ethyl adjacent to an activating group) is 1. The molecule has 3 aromatic rings. The molecule has 34 heavy (non-hydrogen) atoms. The number of carbonyl (C=O) groups is 1. The molecule has 3 N–H and O–H groups in total. The molecule has 0 atom stereocenters. The number of benzene rings is 1. The van der Waals surface area contributed by atoms with Crippen LogP contribution in [-0.4, -0.2) is 72.1 Å². The largest absolute Gasteiger partial charge is 0.366 e. The number of nitrogens with zero attached hydrogens (tertiary/aromatic N) is 4. The van der Waals surface area contributed by atoms with E-state index in [1.807, 2.05) is 6.07 Å². The highest BCUT2D eigenvalue weighted by atomic mass is 35.5. The first-order valence-corrected chi connectivity index (χ1v) is 12.6. The average molecular weight is 506 g/mol. The van der Waals surface area contributed by atoms with E-state index in [1.54, 1.807) is 18.2 Å². The molecule has 1 saturated heterocycles. The van der Waals surface area contributed by atoms with Crippen LogP contribution in [0.1, 0.15) is 18.4 Å². The molecule has 11 heteroatoms. The molecule has 2 amide bonds. The first-order chi connectivity index (χ1) is 16.5. The topological polar surface area (TPSA) is 85.4 Å². The molecule has 0 spiro atoms. The number of carbonyl (C=O) groups excluding carboxylic acids is 1. The van der Waals surface area contributed by atoms with Crippen LogP contribution in [0, 0.1) is 5.82 Å². The number of amides is 2. The maximum Gasteiger partial charge on any atom is 0.321 e. The average Bonchev–Trinajstić information content (AvgIpc) is 3.21.